The van der Waals surface area contributed by atoms with Gasteiger partial charge in [0.2, 0.25) is 0 Å². The van der Waals surface area contributed by atoms with Gasteiger partial charge in [-0.25, -0.2) is 0 Å². The topological polar surface area (TPSA) is 38.2 Å². The van der Waals surface area contributed by atoms with Gasteiger partial charge in [-0.05, 0) is 45.2 Å². The molecule has 14 heavy (non-hydrogen) atoms. The van der Waals surface area contributed by atoms with Crippen LogP contribution in [-0.2, 0) is 0 Å². The second kappa shape index (κ2) is 4.82. The molecule has 0 amide bonds. The monoisotopic (exact) mass is 222 g/mol. The minimum atomic E-state index is 0. The van der Waals surface area contributed by atoms with E-state index in [1.54, 1.807) is 0 Å². The van der Waals surface area contributed by atoms with Gasteiger partial charge in [-0.1, -0.05) is 20.8 Å². The van der Waals surface area contributed by atoms with Gasteiger partial charge >= 0.3 is 0 Å². The Bertz CT molecular complexity index is 158. The van der Waals surface area contributed by atoms with E-state index in [0.29, 0.717) is 11.0 Å². The molecule has 1 unspecified atom stereocenters. The normalized spacial score (nSPS) is 30.0. The molecule has 2 nitrogen and oxygen atoms in total. The molecule has 1 fully saturated rings. The van der Waals surface area contributed by atoms with Crippen LogP contribution in [0.3, 0.4) is 0 Å². The molecule has 1 saturated heterocycles. The molecular weight excluding hydrogens is 196 g/mol. The first-order valence-electron chi connectivity index (χ1n) is 5.01. The van der Waals surface area contributed by atoms with Crippen LogP contribution in [-0.4, -0.2) is 24.0 Å². The Kier molecular flexibility index (Phi) is 5.73. The lowest BCUT2D eigenvalue weighted by atomic mass is 9.62. The predicted octanol–water partition coefficient (Wildman–Crippen LogP) is 3.35. The first-order chi connectivity index (χ1) is 5.30. The summed E-state index contributed by atoms with van der Waals surface area (Å²) in [5.74, 6) is 0.837. The predicted molar refractivity (Wildman–Crippen MR) is 66.5 cm³/mol. The van der Waals surface area contributed by atoms with Crippen molar-refractivity contribution in [2.45, 2.75) is 46.6 Å². The maximum atomic E-state index is 2.49. The van der Waals surface area contributed by atoms with Crippen LogP contribution in [0.4, 0.5) is 0 Å². The molecular formula is C11H27ClN2. The zero-order valence-electron chi connectivity index (χ0n) is 10.6. The summed E-state index contributed by atoms with van der Waals surface area (Å²) in [7, 11) is 2.24. The van der Waals surface area contributed by atoms with Crippen LogP contribution in [0.5, 0.6) is 0 Å². The van der Waals surface area contributed by atoms with Gasteiger partial charge in [-0.15, -0.1) is 12.4 Å². The Hall–Kier alpha value is 0.210. The molecule has 1 atom stereocenters. The van der Waals surface area contributed by atoms with E-state index in [1.807, 2.05) is 0 Å². The molecule has 1 heterocycles. The van der Waals surface area contributed by atoms with E-state index in [9.17, 15) is 0 Å². The third kappa shape index (κ3) is 2.23. The quantitative estimate of drug-likeness (QED) is 0.683. The maximum absolute atomic E-state index is 2.49. The molecule has 1 rings (SSSR count). The van der Waals surface area contributed by atoms with Gasteiger partial charge in [0, 0.05) is 5.54 Å². The smallest absolute Gasteiger partial charge is 0.0203 e. The summed E-state index contributed by atoms with van der Waals surface area (Å²) in [5, 5.41) is 0. The first kappa shape index (κ1) is 16.6. The van der Waals surface area contributed by atoms with E-state index in [-0.39, 0.29) is 18.6 Å². The van der Waals surface area contributed by atoms with E-state index in [0.717, 1.165) is 5.92 Å². The molecule has 1 aliphatic rings. The number of hydrogen-bond donors (Lipinski definition) is 1. The number of nitrogens with zero attached hydrogens (tertiary/aromatic N) is 1. The lowest BCUT2D eigenvalue weighted by Gasteiger charge is -2.55. The van der Waals surface area contributed by atoms with Crippen LogP contribution in [0, 0.1) is 11.3 Å². The third-order valence-electron chi connectivity index (χ3n) is 4.66. The van der Waals surface area contributed by atoms with Gasteiger partial charge in [-0.2, -0.15) is 0 Å². The molecule has 0 aromatic carbocycles. The highest BCUT2D eigenvalue weighted by molar-refractivity contribution is 5.85. The van der Waals surface area contributed by atoms with Gasteiger partial charge in [-0.3, -0.25) is 0 Å². The van der Waals surface area contributed by atoms with Gasteiger partial charge < -0.3 is 11.1 Å². The maximum Gasteiger partial charge on any atom is 0.0203 e. The van der Waals surface area contributed by atoms with Crippen molar-refractivity contribution in [3.63, 3.8) is 0 Å². The number of halogens is 1. The number of rotatable bonds is 0. The van der Waals surface area contributed by atoms with E-state index < -0.39 is 0 Å². The van der Waals surface area contributed by atoms with Crippen LogP contribution in [0.15, 0.2) is 0 Å². The van der Waals surface area contributed by atoms with E-state index in [1.165, 1.54) is 13.0 Å². The standard InChI is InChI=1S/C11H23N.ClH.H3N/c1-9-7-8-12(6)11(4,5)10(9,2)3;;/h9H,7-8H2,1-6H3;1H;1H3. The van der Waals surface area contributed by atoms with Crippen LogP contribution in [0.1, 0.15) is 41.0 Å². The molecule has 88 valence electrons. The molecule has 3 N–H and O–H groups in total. The van der Waals surface area contributed by atoms with Gasteiger partial charge in [0.25, 0.3) is 0 Å². The van der Waals surface area contributed by atoms with Crippen LogP contribution >= 0.6 is 12.4 Å². The number of hydrogen-bond acceptors (Lipinski definition) is 2. The van der Waals surface area contributed by atoms with Crippen LogP contribution in [0.2, 0.25) is 0 Å². The van der Waals surface area contributed by atoms with E-state index >= 15 is 0 Å². The third-order valence-corrected chi connectivity index (χ3v) is 4.66. The Morgan fingerprint density at radius 1 is 1.14 bits per heavy atom. The highest BCUT2D eigenvalue weighted by Crippen LogP contribution is 2.46. The second-order valence-electron chi connectivity index (χ2n) is 5.39. The molecule has 3 heteroatoms. The highest BCUT2D eigenvalue weighted by atomic mass is 35.5. The van der Waals surface area contributed by atoms with Crippen molar-refractivity contribution >= 4 is 12.4 Å². The summed E-state index contributed by atoms with van der Waals surface area (Å²) in [4.78, 5) is 2.49. The summed E-state index contributed by atoms with van der Waals surface area (Å²) in [6.07, 6.45) is 1.34. The van der Waals surface area contributed by atoms with E-state index in [2.05, 4.69) is 46.6 Å². The van der Waals surface area contributed by atoms with Crippen LogP contribution < -0.4 is 6.15 Å². The van der Waals surface area contributed by atoms with Crippen molar-refractivity contribution < 1.29 is 0 Å². The molecule has 0 saturated carbocycles. The molecule has 0 spiro atoms. The van der Waals surface area contributed by atoms with Crippen molar-refractivity contribution in [2.24, 2.45) is 11.3 Å². The molecule has 1 aliphatic heterocycles. The Morgan fingerprint density at radius 3 is 1.93 bits per heavy atom. The minimum absolute atomic E-state index is 0. The summed E-state index contributed by atoms with van der Waals surface area (Å²) in [6.45, 7) is 13.2. The minimum Gasteiger partial charge on any atom is -0.344 e. The SMILES string of the molecule is CC1CCN(C)C(C)(C)C1(C)C.Cl.N. The summed E-state index contributed by atoms with van der Waals surface area (Å²) in [5.41, 5.74) is 0.769. The Balaban J connectivity index is 0. The average Bonchev–Trinajstić information content (AvgIpc) is 1.96. The van der Waals surface area contributed by atoms with Crippen LogP contribution in [0.25, 0.3) is 0 Å². The van der Waals surface area contributed by atoms with E-state index in [4.69, 9.17) is 0 Å². The van der Waals surface area contributed by atoms with Crippen molar-refractivity contribution in [3.05, 3.63) is 0 Å². The van der Waals surface area contributed by atoms with Crippen molar-refractivity contribution in [2.75, 3.05) is 13.6 Å². The zero-order valence-corrected chi connectivity index (χ0v) is 11.4. The fourth-order valence-electron chi connectivity index (χ4n) is 2.12. The van der Waals surface area contributed by atoms with Gasteiger partial charge in [0.15, 0.2) is 0 Å². The summed E-state index contributed by atoms with van der Waals surface area (Å²) in [6, 6.07) is 0. The summed E-state index contributed by atoms with van der Waals surface area (Å²) >= 11 is 0. The Morgan fingerprint density at radius 2 is 1.57 bits per heavy atom. The van der Waals surface area contributed by atoms with Crippen molar-refractivity contribution in [1.82, 2.24) is 11.1 Å². The first-order valence-corrected chi connectivity index (χ1v) is 5.01. The largest absolute Gasteiger partial charge is 0.344 e. The molecule has 0 radical (unpaired) electrons. The molecule has 0 aromatic heterocycles. The lowest BCUT2D eigenvalue weighted by molar-refractivity contribution is -0.0509. The van der Waals surface area contributed by atoms with Gasteiger partial charge in [0.05, 0.1) is 0 Å². The lowest BCUT2D eigenvalue weighted by Crippen LogP contribution is -2.59. The number of piperidine rings is 1. The van der Waals surface area contributed by atoms with Crippen molar-refractivity contribution in [3.8, 4) is 0 Å². The van der Waals surface area contributed by atoms with Crippen molar-refractivity contribution in [1.29, 1.82) is 0 Å². The second-order valence-corrected chi connectivity index (χ2v) is 5.39. The molecule has 0 aliphatic carbocycles. The molecule has 0 bridgehead atoms. The Labute approximate surface area is 95.4 Å². The zero-order chi connectivity index (χ0) is 9.57. The highest BCUT2D eigenvalue weighted by Gasteiger charge is 2.46. The molecule has 0 aromatic rings. The number of likely N-dealkylation sites (tertiary alicyclic amines) is 1. The van der Waals surface area contributed by atoms with Gasteiger partial charge in [0.1, 0.15) is 0 Å². The fourth-order valence-corrected chi connectivity index (χ4v) is 2.12. The fraction of sp³-hybridized carbons (Fsp3) is 1.00. The summed E-state index contributed by atoms with van der Waals surface area (Å²) < 4.78 is 0. The average molecular weight is 223 g/mol.